The molecule has 0 fully saturated rings. The Morgan fingerprint density at radius 1 is 1.21 bits per heavy atom. The van der Waals surface area contributed by atoms with E-state index in [0.29, 0.717) is 16.3 Å². The van der Waals surface area contributed by atoms with Gasteiger partial charge in [0.1, 0.15) is 0 Å². The number of nitriles is 1. The summed E-state index contributed by atoms with van der Waals surface area (Å²) >= 11 is 5.84. The maximum Gasteiger partial charge on any atom is 0.280 e. The lowest BCUT2D eigenvalue weighted by Crippen LogP contribution is -1.97. The molecule has 122 valence electrons. The van der Waals surface area contributed by atoms with Crippen LogP contribution in [0.2, 0.25) is 5.02 Å². The van der Waals surface area contributed by atoms with Crippen molar-refractivity contribution < 1.29 is 14.4 Å². The predicted octanol–water partition coefficient (Wildman–Crippen LogP) is 4.33. The van der Waals surface area contributed by atoms with Gasteiger partial charge in [0.2, 0.25) is 0 Å². The SMILES string of the molecule is COc1cc(/C=C(/C#N)c2ccc(Cl)cc2)c([N+](=O)[O-])cc1OC. The lowest BCUT2D eigenvalue weighted by molar-refractivity contribution is -0.385. The van der Waals surface area contributed by atoms with Crippen LogP contribution in [0.3, 0.4) is 0 Å². The summed E-state index contributed by atoms with van der Waals surface area (Å²) in [4.78, 5) is 10.8. The van der Waals surface area contributed by atoms with Crippen LogP contribution >= 0.6 is 11.6 Å². The molecule has 0 radical (unpaired) electrons. The first-order valence-corrected chi connectivity index (χ1v) is 7.16. The van der Waals surface area contributed by atoms with Crippen molar-refractivity contribution in [2.45, 2.75) is 0 Å². The van der Waals surface area contributed by atoms with Gasteiger partial charge in [-0.15, -0.1) is 0 Å². The number of nitro groups is 1. The van der Waals surface area contributed by atoms with Gasteiger partial charge >= 0.3 is 0 Å². The first-order valence-electron chi connectivity index (χ1n) is 6.78. The highest BCUT2D eigenvalue weighted by atomic mass is 35.5. The third-order valence-electron chi connectivity index (χ3n) is 3.31. The van der Waals surface area contributed by atoms with Crippen molar-refractivity contribution in [3.63, 3.8) is 0 Å². The maximum atomic E-state index is 11.3. The van der Waals surface area contributed by atoms with Gasteiger partial charge in [-0.05, 0) is 29.8 Å². The van der Waals surface area contributed by atoms with Gasteiger partial charge in [-0.2, -0.15) is 5.26 Å². The van der Waals surface area contributed by atoms with Crippen molar-refractivity contribution in [1.29, 1.82) is 5.26 Å². The standard InChI is InChI=1S/C17H13ClN2O4/c1-23-16-8-12(15(20(21)22)9-17(16)24-2)7-13(10-19)11-3-5-14(18)6-4-11/h3-9H,1-2H3/b13-7-. The van der Waals surface area contributed by atoms with Crippen molar-refractivity contribution in [2.75, 3.05) is 14.2 Å². The first kappa shape index (κ1) is 17.3. The Bertz CT molecular complexity index is 839. The van der Waals surface area contributed by atoms with E-state index in [4.69, 9.17) is 21.1 Å². The van der Waals surface area contributed by atoms with Gasteiger partial charge < -0.3 is 9.47 Å². The minimum Gasteiger partial charge on any atom is -0.493 e. The molecule has 2 aromatic carbocycles. The second kappa shape index (κ2) is 7.49. The molecule has 24 heavy (non-hydrogen) atoms. The topological polar surface area (TPSA) is 85.4 Å². The minimum atomic E-state index is -0.537. The Labute approximate surface area is 143 Å². The Balaban J connectivity index is 2.62. The fourth-order valence-electron chi connectivity index (χ4n) is 2.12. The van der Waals surface area contributed by atoms with Gasteiger partial charge in [0.25, 0.3) is 5.69 Å². The predicted molar refractivity (Wildman–Crippen MR) is 91.1 cm³/mol. The second-order valence-corrected chi connectivity index (χ2v) is 5.14. The number of hydrogen-bond donors (Lipinski definition) is 0. The smallest absolute Gasteiger partial charge is 0.280 e. The van der Waals surface area contributed by atoms with Crippen molar-refractivity contribution in [1.82, 2.24) is 0 Å². The summed E-state index contributed by atoms with van der Waals surface area (Å²) in [6, 6.07) is 11.4. The molecule has 0 bridgehead atoms. The van der Waals surface area contributed by atoms with Crippen LogP contribution in [-0.2, 0) is 0 Å². The molecule has 0 spiro atoms. The molecule has 0 saturated carbocycles. The van der Waals surface area contributed by atoms with E-state index in [1.54, 1.807) is 24.3 Å². The number of hydrogen-bond acceptors (Lipinski definition) is 5. The molecule has 2 aromatic rings. The van der Waals surface area contributed by atoms with Crippen molar-refractivity contribution >= 4 is 28.9 Å². The van der Waals surface area contributed by atoms with Gasteiger partial charge in [0, 0.05) is 5.02 Å². The molecule has 0 aliphatic rings. The normalized spacial score (nSPS) is 10.8. The van der Waals surface area contributed by atoms with Crippen LogP contribution in [-0.4, -0.2) is 19.1 Å². The lowest BCUT2D eigenvalue weighted by atomic mass is 10.0. The summed E-state index contributed by atoms with van der Waals surface area (Å²) < 4.78 is 10.3. The van der Waals surface area contributed by atoms with Gasteiger partial charge in [0.05, 0.1) is 42.4 Å². The zero-order valence-electron chi connectivity index (χ0n) is 12.9. The van der Waals surface area contributed by atoms with Crippen molar-refractivity contribution in [3.8, 4) is 17.6 Å². The Morgan fingerprint density at radius 3 is 2.29 bits per heavy atom. The summed E-state index contributed by atoms with van der Waals surface area (Å²) in [5.41, 5.74) is 0.923. The van der Waals surface area contributed by atoms with E-state index in [9.17, 15) is 15.4 Å². The molecule has 0 aliphatic carbocycles. The molecule has 0 aromatic heterocycles. The fourth-order valence-corrected chi connectivity index (χ4v) is 2.25. The number of rotatable bonds is 5. The number of benzene rings is 2. The number of nitrogens with zero attached hydrogens (tertiary/aromatic N) is 2. The summed E-state index contributed by atoms with van der Waals surface area (Å²) in [5.74, 6) is 0.578. The largest absolute Gasteiger partial charge is 0.493 e. The van der Waals surface area contributed by atoms with Crippen LogP contribution in [0.4, 0.5) is 5.69 Å². The van der Waals surface area contributed by atoms with Gasteiger partial charge in [-0.1, -0.05) is 23.7 Å². The Morgan fingerprint density at radius 2 is 1.79 bits per heavy atom. The molecule has 7 heteroatoms. The highest BCUT2D eigenvalue weighted by Crippen LogP contribution is 2.36. The van der Waals surface area contributed by atoms with Crippen LogP contribution in [0.1, 0.15) is 11.1 Å². The second-order valence-electron chi connectivity index (χ2n) is 4.70. The van der Waals surface area contributed by atoms with Crippen LogP contribution in [0, 0.1) is 21.4 Å². The fraction of sp³-hybridized carbons (Fsp3) is 0.118. The van der Waals surface area contributed by atoms with Crippen molar-refractivity contribution in [2.24, 2.45) is 0 Å². The molecule has 0 unspecified atom stereocenters. The zero-order valence-corrected chi connectivity index (χ0v) is 13.7. The van der Waals surface area contributed by atoms with E-state index in [2.05, 4.69) is 0 Å². The molecule has 2 rings (SSSR count). The highest BCUT2D eigenvalue weighted by Gasteiger charge is 2.19. The van der Waals surface area contributed by atoms with E-state index in [1.165, 1.54) is 32.4 Å². The summed E-state index contributed by atoms with van der Waals surface area (Å²) in [7, 11) is 2.83. The molecule has 0 N–H and O–H groups in total. The van der Waals surface area contributed by atoms with E-state index < -0.39 is 4.92 Å². The monoisotopic (exact) mass is 344 g/mol. The highest BCUT2D eigenvalue weighted by molar-refractivity contribution is 6.30. The first-order chi connectivity index (χ1) is 11.5. The van der Waals surface area contributed by atoms with Crippen LogP contribution in [0.15, 0.2) is 36.4 Å². The Hall–Kier alpha value is -3.04. The molecule has 6 nitrogen and oxygen atoms in total. The van der Waals surface area contributed by atoms with Crippen LogP contribution in [0.25, 0.3) is 11.6 Å². The summed E-state index contributed by atoms with van der Waals surface area (Å²) in [5, 5.41) is 21.2. The van der Waals surface area contributed by atoms with Crippen LogP contribution in [0.5, 0.6) is 11.5 Å². The average molecular weight is 345 g/mol. The molecular formula is C17H13ClN2O4. The minimum absolute atomic E-state index is 0.186. The van der Waals surface area contributed by atoms with Gasteiger partial charge in [-0.3, -0.25) is 10.1 Å². The number of methoxy groups -OCH3 is 2. The average Bonchev–Trinajstić information content (AvgIpc) is 2.59. The van der Waals surface area contributed by atoms with Crippen molar-refractivity contribution in [3.05, 3.63) is 62.7 Å². The number of ether oxygens (including phenoxy) is 2. The van der Waals surface area contributed by atoms with Crippen LogP contribution < -0.4 is 9.47 Å². The van der Waals surface area contributed by atoms with E-state index in [-0.39, 0.29) is 22.6 Å². The van der Waals surface area contributed by atoms with Gasteiger partial charge in [-0.25, -0.2) is 0 Å². The lowest BCUT2D eigenvalue weighted by Gasteiger charge is -2.09. The molecule has 0 atom stereocenters. The number of halogens is 1. The third kappa shape index (κ3) is 3.65. The summed E-state index contributed by atoms with van der Waals surface area (Å²) in [6.45, 7) is 0. The third-order valence-corrected chi connectivity index (χ3v) is 3.56. The Kier molecular flexibility index (Phi) is 5.40. The zero-order chi connectivity index (χ0) is 17.7. The molecule has 0 aliphatic heterocycles. The van der Waals surface area contributed by atoms with Gasteiger partial charge in [0.15, 0.2) is 11.5 Å². The van der Waals surface area contributed by atoms with E-state index in [1.807, 2.05) is 6.07 Å². The quantitative estimate of drug-likeness (QED) is 0.349. The van der Waals surface area contributed by atoms with E-state index >= 15 is 0 Å². The number of allylic oxidation sites excluding steroid dienone is 1. The molecule has 0 saturated heterocycles. The number of nitro benzene ring substituents is 1. The van der Waals surface area contributed by atoms with E-state index in [0.717, 1.165) is 0 Å². The molecule has 0 amide bonds. The molecular weight excluding hydrogens is 332 g/mol. The maximum absolute atomic E-state index is 11.3. The molecule has 0 heterocycles. The summed E-state index contributed by atoms with van der Waals surface area (Å²) in [6.07, 6.45) is 1.43.